The number of carbonyl (C=O) groups excluding carboxylic acids is 1. The molecule has 0 radical (unpaired) electrons. The van der Waals surface area contributed by atoms with E-state index in [1.165, 1.54) is 10.5 Å². The zero-order valence-corrected chi connectivity index (χ0v) is 9.72. The van der Waals surface area contributed by atoms with Crippen LogP contribution in [0.2, 0.25) is 0 Å². The minimum atomic E-state index is 0.249. The van der Waals surface area contributed by atoms with E-state index in [4.69, 9.17) is 0 Å². The van der Waals surface area contributed by atoms with E-state index >= 15 is 0 Å². The largest absolute Gasteiger partial charge is 0.299 e. The number of carbonyl (C=O) groups is 1. The van der Waals surface area contributed by atoms with Gasteiger partial charge in [-0.1, -0.05) is 18.2 Å². The summed E-state index contributed by atoms with van der Waals surface area (Å²) >= 11 is 1.89. The van der Waals surface area contributed by atoms with Crippen LogP contribution >= 0.6 is 11.8 Å². The van der Waals surface area contributed by atoms with Gasteiger partial charge in [0.05, 0.1) is 6.54 Å². The lowest BCUT2D eigenvalue weighted by molar-refractivity contribution is -0.118. The summed E-state index contributed by atoms with van der Waals surface area (Å²) in [6.07, 6.45) is 0. The highest BCUT2D eigenvalue weighted by Crippen LogP contribution is 2.26. The predicted octanol–water partition coefficient (Wildman–Crippen LogP) is 2.18. The second-order valence-electron chi connectivity index (χ2n) is 3.87. The fourth-order valence-electron chi connectivity index (χ4n) is 1.83. The van der Waals surface area contributed by atoms with E-state index in [1.807, 2.05) is 11.8 Å². The first-order valence-electron chi connectivity index (χ1n) is 5.18. The van der Waals surface area contributed by atoms with E-state index in [0.717, 1.165) is 18.8 Å². The average Bonchev–Trinajstić information content (AvgIpc) is 2.38. The fourth-order valence-corrected chi connectivity index (χ4v) is 2.89. The molecule has 1 aliphatic heterocycles. The number of benzene rings is 1. The third kappa shape index (κ3) is 2.83. The highest BCUT2D eigenvalue weighted by Gasteiger charge is 2.14. The monoisotopic (exact) mass is 221 g/mol. The molecule has 0 atom stereocenters. The fraction of sp³-hybridized carbons (Fsp3) is 0.417. The number of Topliss-reactive ketones (excluding diaryl/α,β-unsaturated/α-hetero) is 1. The minimum absolute atomic E-state index is 0.249. The first-order valence-corrected chi connectivity index (χ1v) is 6.17. The van der Waals surface area contributed by atoms with E-state index in [-0.39, 0.29) is 5.78 Å². The molecule has 0 aliphatic carbocycles. The van der Waals surface area contributed by atoms with Crippen molar-refractivity contribution in [1.82, 2.24) is 4.90 Å². The van der Waals surface area contributed by atoms with Crippen molar-refractivity contribution in [3.63, 3.8) is 0 Å². The van der Waals surface area contributed by atoms with Crippen LogP contribution in [0.5, 0.6) is 0 Å². The molecule has 1 heterocycles. The Kier molecular flexibility index (Phi) is 3.44. The van der Waals surface area contributed by atoms with Gasteiger partial charge >= 0.3 is 0 Å². The van der Waals surface area contributed by atoms with E-state index in [0.29, 0.717) is 6.54 Å². The normalized spacial score (nSPS) is 16.9. The third-order valence-electron chi connectivity index (χ3n) is 2.48. The van der Waals surface area contributed by atoms with Gasteiger partial charge in [-0.25, -0.2) is 0 Å². The second-order valence-corrected chi connectivity index (χ2v) is 5.01. The smallest absolute Gasteiger partial charge is 0.143 e. The molecule has 0 saturated carbocycles. The minimum Gasteiger partial charge on any atom is -0.299 e. The van der Waals surface area contributed by atoms with Crippen LogP contribution in [-0.2, 0) is 11.3 Å². The SMILES string of the molecule is CC(=O)CN1CCSc2ccccc2C1. The molecular formula is C12H15NOS. The summed E-state index contributed by atoms with van der Waals surface area (Å²) in [5.74, 6) is 1.32. The molecule has 15 heavy (non-hydrogen) atoms. The van der Waals surface area contributed by atoms with Crippen LogP contribution in [0.4, 0.5) is 0 Å². The van der Waals surface area contributed by atoms with Gasteiger partial charge < -0.3 is 0 Å². The van der Waals surface area contributed by atoms with Crippen molar-refractivity contribution >= 4 is 17.5 Å². The summed E-state index contributed by atoms with van der Waals surface area (Å²) in [6.45, 7) is 4.14. The van der Waals surface area contributed by atoms with Gasteiger partial charge in [0, 0.05) is 23.7 Å². The molecule has 0 spiro atoms. The number of ketones is 1. The molecule has 1 aromatic carbocycles. The number of hydrogen-bond acceptors (Lipinski definition) is 3. The molecular weight excluding hydrogens is 206 g/mol. The Morgan fingerprint density at radius 1 is 1.47 bits per heavy atom. The van der Waals surface area contributed by atoms with Gasteiger partial charge in [0.2, 0.25) is 0 Å². The van der Waals surface area contributed by atoms with Crippen molar-refractivity contribution in [3.05, 3.63) is 29.8 Å². The Labute approximate surface area is 94.7 Å². The van der Waals surface area contributed by atoms with Crippen molar-refractivity contribution in [3.8, 4) is 0 Å². The van der Waals surface area contributed by atoms with Crippen molar-refractivity contribution in [2.75, 3.05) is 18.8 Å². The number of nitrogens with zero attached hydrogens (tertiary/aromatic N) is 1. The van der Waals surface area contributed by atoms with Crippen LogP contribution in [0.1, 0.15) is 12.5 Å². The van der Waals surface area contributed by atoms with Gasteiger partial charge in [0.25, 0.3) is 0 Å². The van der Waals surface area contributed by atoms with Gasteiger partial charge in [-0.2, -0.15) is 0 Å². The highest BCUT2D eigenvalue weighted by molar-refractivity contribution is 7.99. The van der Waals surface area contributed by atoms with Crippen LogP contribution in [0.3, 0.4) is 0 Å². The van der Waals surface area contributed by atoms with Crippen molar-refractivity contribution in [1.29, 1.82) is 0 Å². The number of fused-ring (bicyclic) bond motifs is 1. The van der Waals surface area contributed by atoms with Gasteiger partial charge in [-0.15, -0.1) is 11.8 Å². The van der Waals surface area contributed by atoms with Gasteiger partial charge in [0.15, 0.2) is 0 Å². The molecule has 1 aliphatic rings. The summed E-state index contributed by atoms with van der Waals surface area (Å²) in [6, 6.07) is 8.46. The summed E-state index contributed by atoms with van der Waals surface area (Å²) in [5, 5.41) is 0. The molecule has 3 heteroatoms. The van der Waals surface area contributed by atoms with Gasteiger partial charge in [0.1, 0.15) is 5.78 Å². The number of hydrogen-bond donors (Lipinski definition) is 0. The van der Waals surface area contributed by atoms with Crippen LogP contribution in [0.15, 0.2) is 29.2 Å². The predicted molar refractivity (Wildman–Crippen MR) is 63.1 cm³/mol. The molecule has 2 rings (SSSR count). The maximum Gasteiger partial charge on any atom is 0.143 e. The Hall–Kier alpha value is -0.800. The first-order chi connectivity index (χ1) is 7.25. The molecule has 0 saturated heterocycles. The molecule has 0 N–H and O–H groups in total. The molecule has 0 aromatic heterocycles. The molecule has 1 aromatic rings. The zero-order chi connectivity index (χ0) is 10.7. The van der Waals surface area contributed by atoms with Crippen LogP contribution in [0, 0.1) is 0 Å². The Morgan fingerprint density at radius 3 is 3.07 bits per heavy atom. The lowest BCUT2D eigenvalue weighted by Crippen LogP contribution is -2.29. The summed E-state index contributed by atoms with van der Waals surface area (Å²) < 4.78 is 0. The number of thioether (sulfide) groups is 1. The van der Waals surface area contributed by atoms with Crippen LogP contribution in [0.25, 0.3) is 0 Å². The van der Waals surface area contributed by atoms with Crippen molar-refractivity contribution < 1.29 is 4.79 Å². The lowest BCUT2D eigenvalue weighted by Gasteiger charge is -2.17. The molecule has 0 fully saturated rings. The molecule has 0 unspecified atom stereocenters. The van der Waals surface area contributed by atoms with Crippen molar-refractivity contribution in [2.45, 2.75) is 18.4 Å². The van der Waals surface area contributed by atoms with Gasteiger partial charge in [-0.3, -0.25) is 9.69 Å². The lowest BCUT2D eigenvalue weighted by atomic mass is 10.2. The second kappa shape index (κ2) is 4.81. The molecule has 80 valence electrons. The van der Waals surface area contributed by atoms with E-state index < -0.39 is 0 Å². The standard InChI is InChI=1S/C12H15NOS/c1-10(14)8-13-6-7-15-12-5-3-2-4-11(12)9-13/h2-5H,6-9H2,1H3. The van der Waals surface area contributed by atoms with Crippen LogP contribution in [-0.4, -0.2) is 29.5 Å². The first kappa shape index (κ1) is 10.7. The maximum absolute atomic E-state index is 11.1. The summed E-state index contributed by atoms with van der Waals surface area (Å²) in [5.41, 5.74) is 1.35. The van der Waals surface area contributed by atoms with E-state index in [9.17, 15) is 4.79 Å². The number of rotatable bonds is 2. The average molecular weight is 221 g/mol. The van der Waals surface area contributed by atoms with Gasteiger partial charge in [-0.05, 0) is 18.6 Å². The Morgan fingerprint density at radius 2 is 2.27 bits per heavy atom. The third-order valence-corrected chi connectivity index (χ3v) is 3.57. The molecule has 0 amide bonds. The maximum atomic E-state index is 11.1. The van der Waals surface area contributed by atoms with E-state index in [2.05, 4.69) is 29.2 Å². The highest BCUT2D eigenvalue weighted by atomic mass is 32.2. The topological polar surface area (TPSA) is 20.3 Å². The Balaban J connectivity index is 2.13. The van der Waals surface area contributed by atoms with Crippen molar-refractivity contribution in [2.24, 2.45) is 0 Å². The quantitative estimate of drug-likeness (QED) is 0.763. The zero-order valence-electron chi connectivity index (χ0n) is 8.90. The Bertz CT molecular complexity index is 364. The van der Waals surface area contributed by atoms with Crippen LogP contribution < -0.4 is 0 Å². The molecule has 2 nitrogen and oxygen atoms in total. The summed E-state index contributed by atoms with van der Waals surface area (Å²) in [4.78, 5) is 14.7. The van der Waals surface area contributed by atoms with E-state index in [1.54, 1.807) is 6.92 Å². The summed E-state index contributed by atoms with van der Waals surface area (Å²) in [7, 11) is 0. The molecule has 0 bridgehead atoms.